The number of benzene rings is 1. The smallest absolute Gasteiger partial charge is 0.166 e. The summed E-state index contributed by atoms with van der Waals surface area (Å²) in [4.78, 5) is 2.27. The number of hydrogen-bond acceptors (Lipinski definition) is 5. The Balaban J connectivity index is 1.93. The SMILES string of the molecule is CCOc1cccc2c1OCC(O)C2N1CCOCC1. The molecule has 0 aliphatic carbocycles. The van der Waals surface area contributed by atoms with E-state index in [9.17, 15) is 5.11 Å². The van der Waals surface area contributed by atoms with Crippen LogP contribution in [0.3, 0.4) is 0 Å². The Kier molecular flexibility index (Phi) is 4.10. The zero-order valence-electron chi connectivity index (χ0n) is 11.7. The number of para-hydroxylation sites is 1. The van der Waals surface area contributed by atoms with E-state index in [2.05, 4.69) is 4.90 Å². The summed E-state index contributed by atoms with van der Waals surface area (Å²) in [7, 11) is 0. The van der Waals surface area contributed by atoms with Crippen LogP contribution in [0.1, 0.15) is 18.5 Å². The van der Waals surface area contributed by atoms with Crippen molar-refractivity contribution in [2.45, 2.75) is 19.1 Å². The molecule has 2 heterocycles. The highest BCUT2D eigenvalue weighted by molar-refractivity contribution is 5.49. The molecule has 0 bridgehead atoms. The van der Waals surface area contributed by atoms with E-state index in [0.29, 0.717) is 26.4 Å². The van der Waals surface area contributed by atoms with Crippen molar-refractivity contribution in [3.63, 3.8) is 0 Å². The van der Waals surface area contributed by atoms with E-state index in [-0.39, 0.29) is 6.04 Å². The van der Waals surface area contributed by atoms with Gasteiger partial charge in [-0.2, -0.15) is 0 Å². The summed E-state index contributed by atoms with van der Waals surface area (Å²) >= 11 is 0. The first-order valence-corrected chi connectivity index (χ1v) is 7.19. The van der Waals surface area contributed by atoms with Crippen molar-refractivity contribution in [1.29, 1.82) is 0 Å². The number of hydrogen-bond donors (Lipinski definition) is 1. The molecule has 2 aliphatic heterocycles. The summed E-state index contributed by atoms with van der Waals surface area (Å²) in [5, 5.41) is 10.3. The van der Waals surface area contributed by atoms with E-state index in [1.54, 1.807) is 0 Å². The van der Waals surface area contributed by atoms with E-state index in [1.807, 2.05) is 25.1 Å². The van der Waals surface area contributed by atoms with Crippen molar-refractivity contribution in [3.8, 4) is 11.5 Å². The quantitative estimate of drug-likeness (QED) is 0.901. The van der Waals surface area contributed by atoms with Gasteiger partial charge in [0.25, 0.3) is 0 Å². The summed E-state index contributed by atoms with van der Waals surface area (Å²) < 4.78 is 16.7. The molecule has 5 heteroatoms. The third-order valence-corrected chi connectivity index (χ3v) is 3.83. The highest BCUT2D eigenvalue weighted by Gasteiger charge is 2.36. The Morgan fingerprint density at radius 3 is 2.90 bits per heavy atom. The first-order chi connectivity index (χ1) is 9.81. The van der Waals surface area contributed by atoms with Gasteiger partial charge in [-0.3, -0.25) is 4.90 Å². The van der Waals surface area contributed by atoms with Crippen LogP contribution in [0.25, 0.3) is 0 Å². The van der Waals surface area contributed by atoms with Crippen LogP contribution < -0.4 is 9.47 Å². The van der Waals surface area contributed by atoms with Crippen molar-refractivity contribution in [2.75, 3.05) is 39.5 Å². The summed E-state index contributed by atoms with van der Waals surface area (Å²) in [6.45, 7) is 5.95. The lowest BCUT2D eigenvalue weighted by molar-refractivity contribution is -0.0448. The Hall–Kier alpha value is -1.30. The van der Waals surface area contributed by atoms with Crippen LogP contribution in [0.15, 0.2) is 18.2 Å². The molecule has 0 aromatic heterocycles. The van der Waals surface area contributed by atoms with Gasteiger partial charge in [-0.1, -0.05) is 12.1 Å². The third kappa shape index (κ3) is 2.49. The van der Waals surface area contributed by atoms with Gasteiger partial charge in [0.05, 0.1) is 25.9 Å². The maximum absolute atomic E-state index is 10.3. The maximum atomic E-state index is 10.3. The predicted molar refractivity (Wildman–Crippen MR) is 74.2 cm³/mol. The topological polar surface area (TPSA) is 51.2 Å². The average Bonchev–Trinajstić information content (AvgIpc) is 2.48. The molecular formula is C15H21NO4. The lowest BCUT2D eigenvalue weighted by Crippen LogP contribution is -2.47. The predicted octanol–water partition coefficient (Wildman–Crippen LogP) is 1.21. The van der Waals surface area contributed by atoms with E-state index < -0.39 is 6.10 Å². The Bertz CT molecular complexity index is 459. The molecule has 2 atom stereocenters. The molecule has 1 saturated heterocycles. The normalized spacial score (nSPS) is 26.7. The molecule has 1 N–H and O–H groups in total. The molecule has 0 saturated carbocycles. The third-order valence-electron chi connectivity index (χ3n) is 3.83. The van der Waals surface area contributed by atoms with Crippen LogP contribution in [-0.4, -0.2) is 55.6 Å². The fourth-order valence-corrected chi connectivity index (χ4v) is 2.95. The minimum atomic E-state index is -0.516. The largest absolute Gasteiger partial charge is 0.490 e. The van der Waals surface area contributed by atoms with Crippen LogP contribution in [-0.2, 0) is 4.74 Å². The molecule has 0 spiro atoms. The summed E-state index contributed by atoms with van der Waals surface area (Å²) in [6.07, 6.45) is -0.516. The van der Waals surface area contributed by atoms with E-state index >= 15 is 0 Å². The van der Waals surface area contributed by atoms with Gasteiger partial charge in [0.15, 0.2) is 11.5 Å². The number of morpholine rings is 1. The molecule has 2 unspecified atom stereocenters. The number of rotatable bonds is 3. The Morgan fingerprint density at radius 1 is 1.35 bits per heavy atom. The van der Waals surface area contributed by atoms with Crippen LogP contribution in [0.4, 0.5) is 0 Å². The second kappa shape index (κ2) is 5.99. The minimum absolute atomic E-state index is 0.0388. The second-order valence-corrected chi connectivity index (χ2v) is 5.08. The number of aliphatic hydroxyl groups is 1. The number of aliphatic hydroxyl groups excluding tert-OH is 1. The minimum Gasteiger partial charge on any atom is -0.490 e. The molecular weight excluding hydrogens is 258 g/mol. The molecule has 20 heavy (non-hydrogen) atoms. The number of ether oxygens (including phenoxy) is 3. The fraction of sp³-hybridized carbons (Fsp3) is 0.600. The molecule has 1 fully saturated rings. The lowest BCUT2D eigenvalue weighted by atomic mass is 9.96. The van der Waals surface area contributed by atoms with Crippen molar-refractivity contribution in [3.05, 3.63) is 23.8 Å². The first-order valence-electron chi connectivity index (χ1n) is 7.19. The van der Waals surface area contributed by atoms with Gasteiger partial charge in [0, 0.05) is 18.7 Å². The van der Waals surface area contributed by atoms with Crippen molar-refractivity contribution in [2.24, 2.45) is 0 Å². The molecule has 3 rings (SSSR count). The molecule has 2 aliphatic rings. The lowest BCUT2D eigenvalue weighted by Gasteiger charge is -2.40. The summed E-state index contributed by atoms with van der Waals surface area (Å²) in [5.41, 5.74) is 1.01. The van der Waals surface area contributed by atoms with Crippen LogP contribution in [0.5, 0.6) is 11.5 Å². The van der Waals surface area contributed by atoms with Crippen LogP contribution >= 0.6 is 0 Å². The Morgan fingerprint density at radius 2 is 2.15 bits per heavy atom. The van der Waals surface area contributed by atoms with Crippen molar-refractivity contribution in [1.82, 2.24) is 4.90 Å². The van der Waals surface area contributed by atoms with Crippen LogP contribution in [0.2, 0.25) is 0 Å². The average molecular weight is 279 g/mol. The molecule has 0 amide bonds. The molecule has 1 aromatic rings. The monoisotopic (exact) mass is 279 g/mol. The van der Waals surface area contributed by atoms with Gasteiger partial charge in [-0.15, -0.1) is 0 Å². The summed E-state index contributed by atoms with van der Waals surface area (Å²) in [6, 6.07) is 5.85. The molecule has 1 aromatic carbocycles. The highest BCUT2D eigenvalue weighted by Crippen LogP contribution is 2.42. The van der Waals surface area contributed by atoms with Gasteiger partial charge in [-0.25, -0.2) is 0 Å². The fourth-order valence-electron chi connectivity index (χ4n) is 2.95. The first kappa shape index (κ1) is 13.7. The van der Waals surface area contributed by atoms with Gasteiger partial charge >= 0.3 is 0 Å². The van der Waals surface area contributed by atoms with E-state index in [0.717, 1.165) is 30.2 Å². The van der Waals surface area contributed by atoms with Gasteiger partial charge in [-0.05, 0) is 13.0 Å². The number of nitrogens with zero attached hydrogens (tertiary/aromatic N) is 1. The molecule has 110 valence electrons. The van der Waals surface area contributed by atoms with Gasteiger partial charge in [0.1, 0.15) is 12.7 Å². The standard InChI is InChI=1S/C15H21NO4/c1-2-19-13-5-3-4-11-14(12(17)10-20-15(11)13)16-6-8-18-9-7-16/h3-5,12,14,17H,2,6-10H2,1H3. The number of fused-ring (bicyclic) bond motifs is 1. The van der Waals surface area contributed by atoms with E-state index in [1.165, 1.54) is 0 Å². The van der Waals surface area contributed by atoms with Crippen molar-refractivity contribution >= 4 is 0 Å². The maximum Gasteiger partial charge on any atom is 0.166 e. The van der Waals surface area contributed by atoms with Gasteiger partial charge < -0.3 is 19.3 Å². The molecule has 0 radical (unpaired) electrons. The van der Waals surface area contributed by atoms with E-state index in [4.69, 9.17) is 14.2 Å². The zero-order chi connectivity index (χ0) is 13.9. The van der Waals surface area contributed by atoms with Crippen LogP contribution in [0, 0.1) is 0 Å². The summed E-state index contributed by atoms with van der Waals surface area (Å²) in [5.74, 6) is 1.53. The van der Waals surface area contributed by atoms with Crippen molar-refractivity contribution < 1.29 is 19.3 Å². The highest BCUT2D eigenvalue weighted by atomic mass is 16.5. The molecule has 5 nitrogen and oxygen atoms in total. The van der Waals surface area contributed by atoms with Gasteiger partial charge in [0.2, 0.25) is 0 Å². The zero-order valence-corrected chi connectivity index (χ0v) is 11.7. The second-order valence-electron chi connectivity index (χ2n) is 5.08. The Labute approximate surface area is 119 Å².